The summed E-state index contributed by atoms with van der Waals surface area (Å²) in [6, 6.07) is 3.71. The maximum atomic E-state index is 13.7. The van der Waals surface area contributed by atoms with E-state index in [1.54, 1.807) is 6.20 Å². The van der Waals surface area contributed by atoms with Crippen LogP contribution in [-0.2, 0) is 13.0 Å². The monoisotopic (exact) mass is 343 g/mol. The van der Waals surface area contributed by atoms with Crippen LogP contribution in [0.1, 0.15) is 24.0 Å². The number of rotatable bonds is 7. The molecule has 1 heterocycles. The molecule has 0 radical (unpaired) electrons. The van der Waals surface area contributed by atoms with Crippen LogP contribution in [0.4, 0.5) is 13.2 Å². The number of hydrogen-bond acceptors (Lipinski definition) is 2. The summed E-state index contributed by atoms with van der Waals surface area (Å²) in [6.07, 6.45) is 3.39. The Morgan fingerprint density at radius 2 is 1.96 bits per heavy atom. The molecular formula is C16H17ClF3N3. The fraction of sp³-hybridized carbons (Fsp3) is 0.438. The van der Waals surface area contributed by atoms with Crippen LogP contribution in [0.25, 0.3) is 0 Å². The number of alkyl halides is 1. The summed E-state index contributed by atoms with van der Waals surface area (Å²) in [7, 11) is 0. The Morgan fingerprint density at radius 1 is 1.26 bits per heavy atom. The molecule has 2 aromatic rings. The minimum absolute atomic E-state index is 0.0711. The molecule has 0 unspecified atom stereocenters. The highest BCUT2D eigenvalue weighted by Crippen LogP contribution is 2.38. The van der Waals surface area contributed by atoms with Crippen molar-refractivity contribution in [3.8, 4) is 0 Å². The Hall–Kier alpha value is -1.53. The van der Waals surface area contributed by atoms with Crippen molar-refractivity contribution in [3.05, 3.63) is 52.3 Å². The molecular weight excluding hydrogens is 327 g/mol. The second kappa shape index (κ2) is 6.53. The molecule has 0 aliphatic heterocycles. The van der Waals surface area contributed by atoms with Gasteiger partial charge in [0.25, 0.3) is 0 Å². The van der Waals surface area contributed by atoms with E-state index in [1.165, 1.54) is 22.9 Å². The fourth-order valence-corrected chi connectivity index (χ4v) is 2.61. The van der Waals surface area contributed by atoms with Gasteiger partial charge in [-0.25, -0.2) is 17.9 Å². The number of nitrogens with one attached hydrogen (secondary N) is 1. The molecule has 0 atom stereocenters. The van der Waals surface area contributed by atoms with Crippen molar-refractivity contribution >= 4 is 11.6 Å². The van der Waals surface area contributed by atoms with Crippen molar-refractivity contribution in [1.29, 1.82) is 0 Å². The van der Waals surface area contributed by atoms with Gasteiger partial charge in [0.2, 0.25) is 0 Å². The third-order valence-corrected chi connectivity index (χ3v) is 4.46. The van der Waals surface area contributed by atoms with E-state index in [9.17, 15) is 13.2 Å². The maximum Gasteiger partial charge on any atom is 0.131 e. The van der Waals surface area contributed by atoms with Crippen LogP contribution >= 0.6 is 11.6 Å². The van der Waals surface area contributed by atoms with Gasteiger partial charge in [-0.2, -0.15) is 5.10 Å². The predicted molar refractivity (Wildman–Crippen MR) is 82.3 cm³/mol. The lowest BCUT2D eigenvalue weighted by Gasteiger charge is -2.08. The number of aromatic nitrogens is 2. The van der Waals surface area contributed by atoms with E-state index in [0.29, 0.717) is 37.5 Å². The molecule has 3 rings (SSSR count). The van der Waals surface area contributed by atoms with Gasteiger partial charge in [0.05, 0.1) is 12.7 Å². The summed E-state index contributed by atoms with van der Waals surface area (Å²) in [5.74, 6) is -1.25. The first kappa shape index (κ1) is 16.3. The zero-order chi connectivity index (χ0) is 16.4. The first-order chi connectivity index (χ1) is 11.0. The highest BCUT2D eigenvalue weighted by Gasteiger charge is 2.42. The number of halogens is 4. The van der Waals surface area contributed by atoms with Gasteiger partial charge in [-0.1, -0.05) is 17.7 Å². The smallest absolute Gasteiger partial charge is 0.131 e. The van der Waals surface area contributed by atoms with Gasteiger partial charge in [-0.15, -0.1) is 0 Å². The fourth-order valence-electron chi connectivity index (χ4n) is 2.37. The van der Waals surface area contributed by atoms with Gasteiger partial charge in [-0.05, 0) is 37.9 Å². The van der Waals surface area contributed by atoms with Crippen LogP contribution < -0.4 is 5.32 Å². The highest BCUT2D eigenvalue weighted by molar-refractivity contribution is 6.30. The predicted octanol–water partition coefficient (Wildman–Crippen LogP) is 3.50. The van der Waals surface area contributed by atoms with Crippen LogP contribution in [0.5, 0.6) is 0 Å². The maximum absolute atomic E-state index is 13.7. The number of nitrogens with zero attached hydrogens (tertiary/aromatic N) is 2. The topological polar surface area (TPSA) is 29.9 Å². The van der Waals surface area contributed by atoms with Gasteiger partial charge in [0.1, 0.15) is 22.5 Å². The molecule has 1 aromatic heterocycles. The van der Waals surface area contributed by atoms with Crippen LogP contribution in [0, 0.1) is 11.6 Å². The molecule has 1 fully saturated rings. The summed E-state index contributed by atoms with van der Waals surface area (Å²) in [6.45, 7) is 0.850. The summed E-state index contributed by atoms with van der Waals surface area (Å²) in [5, 5.41) is 7.48. The molecule has 0 amide bonds. The minimum atomic E-state index is -1.03. The van der Waals surface area contributed by atoms with Crippen molar-refractivity contribution in [2.24, 2.45) is 0 Å². The third kappa shape index (κ3) is 3.87. The van der Waals surface area contributed by atoms with Crippen LogP contribution in [-0.4, -0.2) is 28.5 Å². The van der Waals surface area contributed by atoms with E-state index in [0.717, 1.165) is 5.56 Å². The zero-order valence-electron chi connectivity index (χ0n) is 12.5. The average molecular weight is 344 g/mol. The van der Waals surface area contributed by atoms with E-state index in [1.807, 2.05) is 0 Å². The van der Waals surface area contributed by atoms with Crippen molar-refractivity contribution in [1.82, 2.24) is 15.1 Å². The molecule has 3 nitrogen and oxygen atoms in total. The first-order valence-corrected chi connectivity index (χ1v) is 7.89. The Labute approximate surface area is 137 Å². The van der Waals surface area contributed by atoms with Crippen molar-refractivity contribution in [2.45, 2.75) is 31.5 Å². The van der Waals surface area contributed by atoms with Gasteiger partial charge in [0, 0.05) is 17.7 Å². The van der Waals surface area contributed by atoms with Gasteiger partial charge in [-0.3, -0.25) is 0 Å². The summed E-state index contributed by atoms with van der Waals surface area (Å²) in [5.41, 5.74) is -0.342. The average Bonchev–Trinajstić information content (AvgIpc) is 3.15. The lowest BCUT2D eigenvalue weighted by molar-refractivity contribution is 0.296. The van der Waals surface area contributed by atoms with E-state index in [-0.39, 0.29) is 12.1 Å². The first-order valence-electron chi connectivity index (χ1n) is 7.51. The standard InChI is InChI=1S/C16H17ClF3N3/c17-15-11(4-7-21-10-16(20)5-6-16)8-22-23(15)9-12-13(18)2-1-3-14(12)19/h1-3,8,21H,4-7,9-10H2. The lowest BCUT2D eigenvalue weighted by Crippen LogP contribution is -2.26. The molecule has 1 aliphatic rings. The van der Waals surface area contributed by atoms with Crippen molar-refractivity contribution in [2.75, 3.05) is 13.1 Å². The second-order valence-electron chi connectivity index (χ2n) is 5.90. The molecule has 124 valence electrons. The van der Waals surface area contributed by atoms with Gasteiger partial charge < -0.3 is 5.32 Å². The molecule has 7 heteroatoms. The highest BCUT2D eigenvalue weighted by atomic mass is 35.5. The lowest BCUT2D eigenvalue weighted by atomic mass is 10.2. The largest absolute Gasteiger partial charge is 0.313 e. The molecule has 23 heavy (non-hydrogen) atoms. The summed E-state index contributed by atoms with van der Waals surface area (Å²) < 4.78 is 42.2. The zero-order valence-corrected chi connectivity index (χ0v) is 13.2. The van der Waals surface area contributed by atoms with Crippen molar-refractivity contribution in [3.63, 3.8) is 0 Å². The van der Waals surface area contributed by atoms with E-state index >= 15 is 0 Å². The number of hydrogen-bond donors (Lipinski definition) is 1. The van der Waals surface area contributed by atoms with E-state index in [4.69, 9.17) is 11.6 Å². The number of benzene rings is 1. The van der Waals surface area contributed by atoms with Crippen LogP contribution in [0.3, 0.4) is 0 Å². The Bertz CT molecular complexity index is 678. The second-order valence-corrected chi connectivity index (χ2v) is 6.25. The molecule has 0 bridgehead atoms. The molecule has 0 spiro atoms. The third-order valence-electron chi connectivity index (χ3n) is 4.02. The normalized spacial score (nSPS) is 15.8. The van der Waals surface area contributed by atoms with Crippen molar-refractivity contribution < 1.29 is 13.2 Å². The van der Waals surface area contributed by atoms with E-state index in [2.05, 4.69) is 10.4 Å². The van der Waals surface area contributed by atoms with Gasteiger partial charge in [0.15, 0.2) is 0 Å². The van der Waals surface area contributed by atoms with Gasteiger partial charge >= 0.3 is 0 Å². The molecule has 1 N–H and O–H groups in total. The quantitative estimate of drug-likeness (QED) is 0.780. The van der Waals surface area contributed by atoms with E-state index < -0.39 is 17.3 Å². The SMILES string of the molecule is Fc1cccc(F)c1Cn1ncc(CCNCC2(F)CC2)c1Cl. The Morgan fingerprint density at radius 3 is 2.61 bits per heavy atom. The van der Waals surface area contributed by atoms with Crippen LogP contribution in [0.2, 0.25) is 5.15 Å². The summed E-state index contributed by atoms with van der Waals surface area (Å²) in [4.78, 5) is 0. The molecule has 1 saturated carbocycles. The Kier molecular flexibility index (Phi) is 4.64. The molecule has 0 saturated heterocycles. The minimum Gasteiger partial charge on any atom is -0.313 e. The molecule has 1 aromatic carbocycles. The molecule has 1 aliphatic carbocycles. The summed E-state index contributed by atoms with van der Waals surface area (Å²) >= 11 is 6.21. The van der Waals surface area contributed by atoms with Crippen LogP contribution in [0.15, 0.2) is 24.4 Å². The Balaban J connectivity index is 1.60.